The van der Waals surface area contributed by atoms with Crippen molar-refractivity contribution in [2.75, 3.05) is 5.32 Å². The molecule has 0 saturated carbocycles. The van der Waals surface area contributed by atoms with Crippen molar-refractivity contribution in [2.45, 2.75) is 6.92 Å². The van der Waals surface area contributed by atoms with E-state index < -0.39 is 0 Å². The molecule has 0 aliphatic heterocycles. The van der Waals surface area contributed by atoms with Gasteiger partial charge < -0.3 is 0 Å². The third-order valence-corrected chi connectivity index (χ3v) is 6.17. The van der Waals surface area contributed by atoms with Crippen molar-refractivity contribution in [1.29, 1.82) is 0 Å². The van der Waals surface area contributed by atoms with Crippen LogP contribution in [0.15, 0.2) is 35.7 Å². The maximum absolute atomic E-state index is 12.0. The highest BCUT2D eigenvalue weighted by molar-refractivity contribution is 7.28. The van der Waals surface area contributed by atoms with Crippen LogP contribution in [0.5, 0.6) is 0 Å². The smallest absolute Gasteiger partial charge is 0.250 e. The summed E-state index contributed by atoms with van der Waals surface area (Å²) in [6, 6.07) is 7.85. The lowest BCUT2D eigenvalue weighted by Crippen LogP contribution is -2.06. The molecule has 1 N–H and O–H groups in total. The number of amides is 1. The van der Waals surface area contributed by atoms with Crippen LogP contribution in [-0.2, 0) is 4.79 Å². The molecule has 0 unspecified atom stereocenters. The molecule has 0 fully saturated rings. The Bertz CT molecular complexity index is 1030. The molecular formula is C16H11N3OS3. The summed E-state index contributed by atoms with van der Waals surface area (Å²) < 4.78 is 2.21. The van der Waals surface area contributed by atoms with Gasteiger partial charge in [-0.2, -0.15) is 0 Å². The number of nitrogens with one attached hydrogen (secondary N) is 1. The number of aromatic nitrogens is 2. The second kappa shape index (κ2) is 5.84. The summed E-state index contributed by atoms with van der Waals surface area (Å²) in [4.78, 5) is 22.0. The maximum atomic E-state index is 12.0. The van der Waals surface area contributed by atoms with Crippen molar-refractivity contribution >= 4 is 71.6 Å². The zero-order valence-corrected chi connectivity index (χ0v) is 14.5. The van der Waals surface area contributed by atoms with Crippen molar-refractivity contribution < 1.29 is 4.79 Å². The van der Waals surface area contributed by atoms with E-state index >= 15 is 0 Å². The van der Waals surface area contributed by atoms with Crippen LogP contribution in [0.25, 0.3) is 26.5 Å². The summed E-state index contributed by atoms with van der Waals surface area (Å²) in [5.41, 5.74) is 1.88. The molecule has 114 valence electrons. The minimum absolute atomic E-state index is 0.172. The molecule has 0 aliphatic carbocycles. The molecular weight excluding hydrogens is 346 g/mol. The largest absolute Gasteiger partial charge is 0.298 e. The van der Waals surface area contributed by atoms with Crippen LogP contribution in [0.1, 0.15) is 9.88 Å². The van der Waals surface area contributed by atoms with Gasteiger partial charge in [-0.3, -0.25) is 10.1 Å². The van der Waals surface area contributed by atoms with Gasteiger partial charge in [0.15, 0.2) is 5.13 Å². The Morgan fingerprint density at radius 1 is 1.13 bits per heavy atom. The predicted octanol–water partition coefficient (Wildman–Crippen LogP) is 4.93. The third-order valence-electron chi connectivity index (χ3n) is 3.19. The van der Waals surface area contributed by atoms with E-state index in [0.717, 1.165) is 30.3 Å². The Morgan fingerprint density at radius 2 is 1.91 bits per heavy atom. The molecule has 0 atom stereocenters. The van der Waals surface area contributed by atoms with Crippen molar-refractivity contribution in [1.82, 2.24) is 9.97 Å². The Kier molecular flexibility index (Phi) is 3.68. The first-order valence-electron chi connectivity index (χ1n) is 6.88. The number of thiazole rings is 2. The van der Waals surface area contributed by atoms with E-state index in [1.54, 1.807) is 28.7 Å². The van der Waals surface area contributed by atoms with Gasteiger partial charge in [0.25, 0.3) is 0 Å². The standard InChI is InChI=1S/C16H11N3OS3/c1-9-17-11-5-6-12-15(14(11)22-9)23-16(18-12)19-13(20)7-4-10-3-2-8-21-10/h2-8H,1H3,(H,18,19,20). The number of rotatable bonds is 3. The Morgan fingerprint density at radius 3 is 2.70 bits per heavy atom. The molecule has 1 aromatic carbocycles. The molecule has 0 spiro atoms. The van der Waals surface area contributed by atoms with E-state index in [1.165, 1.54) is 17.4 Å². The Balaban J connectivity index is 1.61. The number of aryl methyl sites for hydroxylation is 1. The van der Waals surface area contributed by atoms with Crippen molar-refractivity contribution in [3.8, 4) is 0 Å². The molecule has 4 rings (SSSR count). The first kappa shape index (κ1) is 14.5. The topological polar surface area (TPSA) is 54.9 Å². The number of anilines is 1. The Hall–Kier alpha value is -2.09. The molecule has 0 radical (unpaired) electrons. The normalized spacial score (nSPS) is 11.7. The quantitative estimate of drug-likeness (QED) is 0.529. The lowest BCUT2D eigenvalue weighted by atomic mass is 10.3. The van der Waals surface area contributed by atoms with Gasteiger partial charge in [0.05, 0.1) is 25.4 Å². The van der Waals surface area contributed by atoms with Crippen molar-refractivity contribution in [3.63, 3.8) is 0 Å². The summed E-state index contributed by atoms with van der Waals surface area (Å²) in [6.45, 7) is 2.00. The van der Waals surface area contributed by atoms with E-state index in [1.807, 2.05) is 36.6 Å². The number of nitrogens with zero attached hydrogens (tertiary/aromatic N) is 2. The minimum Gasteiger partial charge on any atom is -0.298 e. The van der Waals surface area contributed by atoms with Gasteiger partial charge in [-0.15, -0.1) is 22.7 Å². The number of hydrogen-bond acceptors (Lipinski definition) is 6. The fraction of sp³-hybridized carbons (Fsp3) is 0.0625. The molecule has 4 nitrogen and oxygen atoms in total. The van der Waals surface area contributed by atoms with Gasteiger partial charge in [-0.05, 0) is 36.6 Å². The van der Waals surface area contributed by atoms with Gasteiger partial charge in [0.2, 0.25) is 5.91 Å². The van der Waals surface area contributed by atoms with Crippen LogP contribution in [-0.4, -0.2) is 15.9 Å². The number of fused-ring (bicyclic) bond motifs is 3. The molecule has 3 aromatic heterocycles. The second-order valence-electron chi connectivity index (χ2n) is 4.85. The molecule has 3 heterocycles. The van der Waals surface area contributed by atoms with E-state index in [2.05, 4.69) is 15.3 Å². The predicted molar refractivity (Wildman–Crippen MR) is 99.5 cm³/mol. The number of carbonyl (C=O) groups excluding carboxylic acids is 1. The monoisotopic (exact) mass is 357 g/mol. The van der Waals surface area contributed by atoms with E-state index in [0.29, 0.717) is 5.13 Å². The maximum Gasteiger partial charge on any atom is 0.250 e. The van der Waals surface area contributed by atoms with Crippen LogP contribution in [0, 0.1) is 6.92 Å². The molecule has 4 aromatic rings. The van der Waals surface area contributed by atoms with Crippen LogP contribution in [0.2, 0.25) is 0 Å². The fourth-order valence-electron chi connectivity index (χ4n) is 2.23. The van der Waals surface area contributed by atoms with Crippen LogP contribution in [0.3, 0.4) is 0 Å². The third kappa shape index (κ3) is 2.90. The van der Waals surface area contributed by atoms with Crippen molar-refractivity contribution in [2.24, 2.45) is 0 Å². The van der Waals surface area contributed by atoms with Crippen LogP contribution < -0.4 is 5.32 Å². The highest BCUT2D eigenvalue weighted by Gasteiger charge is 2.11. The zero-order valence-electron chi connectivity index (χ0n) is 12.1. The Labute approximate surface area is 144 Å². The SMILES string of the molecule is Cc1nc2ccc3nc(NC(=O)C=Cc4cccs4)sc3c2s1. The summed E-state index contributed by atoms with van der Waals surface area (Å²) in [6.07, 6.45) is 3.34. The highest BCUT2D eigenvalue weighted by Crippen LogP contribution is 2.35. The summed E-state index contributed by atoms with van der Waals surface area (Å²) >= 11 is 4.74. The summed E-state index contributed by atoms with van der Waals surface area (Å²) in [5.74, 6) is -0.172. The average Bonchev–Trinajstić information content (AvgIpc) is 3.22. The van der Waals surface area contributed by atoms with Gasteiger partial charge in [-0.1, -0.05) is 17.4 Å². The number of hydrogen-bond donors (Lipinski definition) is 1. The van der Waals surface area contributed by atoms with E-state index in [-0.39, 0.29) is 5.91 Å². The molecule has 0 bridgehead atoms. The minimum atomic E-state index is -0.172. The first-order valence-corrected chi connectivity index (χ1v) is 9.39. The van der Waals surface area contributed by atoms with E-state index in [9.17, 15) is 4.79 Å². The first-order chi connectivity index (χ1) is 11.2. The van der Waals surface area contributed by atoms with Gasteiger partial charge >= 0.3 is 0 Å². The lowest BCUT2D eigenvalue weighted by molar-refractivity contribution is -0.111. The molecule has 23 heavy (non-hydrogen) atoms. The molecule has 7 heteroatoms. The van der Waals surface area contributed by atoms with Gasteiger partial charge in [0, 0.05) is 11.0 Å². The van der Waals surface area contributed by atoms with Crippen molar-refractivity contribution in [3.05, 3.63) is 45.6 Å². The number of carbonyl (C=O) groups is 1. The summed E-state index contributed by atoms with van der Waals surface area (Å²) in [5, 5.41) is 6.46. The molecule has 0 aliphatic rings. The van der Waals surface area contributed by atoms with Crippen LogP contribution in [0.4, 0.5) is 5.13 Å². The van der Waals surface area contributed by atoms with E-state index in [4.69, 9.17) is 0 Å². The number of thiophene rings is 1. The number of benzene rings is 1. The van der Waals surface area contributed by atoms with Gasteiger partial charge in [-0.25, -0.2) is 9.97 Å². The summed E-state index contributed by atoms with van der Waals surface area (Å²) in [7, 11) is 0. The fourth-order valence-corrected chi connectivity index (χ4v) is 4.86. The van der Waals surface area contributed by atoms with Gasteiger partial charge in [0.1, 0.15) is 0 Å². The molecule has 1 amide bonds. The zero-order chi connectivity index (χ0) is 15.8. The average molecular weight is 357 g/mol. The highest BCUT2D eigenvalue weighted by atomic mass is 32.1. The second-order valence-corrected chi connectivity index (χ2v) is 8.03. The lowest BCUT2D eigenvalue weighted by Gasteiger charge is -1.94. The molecule has 0 saturated heterocycles. The van der Waals surface area contributed by atoms with Crippen LogP contribution >= 0.6 is 34.0 Å².